The maximum absolute atomic E-state index is 11.8. The van der Waals surface area contributed by atoms with Crippen molar-refractivity contribution < 1.29 is 9.53 Å². The van der Waals surface area contributed by atoms with Crippen LogP contribution in [0.5, 0.6) is 0 Å². The molecule has 0 aliphatic heterocycles. The summed E-state index contributed by atoms with van der Waals surface area (Å²) in [5.74, 6) is -0.0700. The van der Waals surface area contributed by atoms with E-state index in [9.17, 15) is 4.79 Å². The van der Waals surface area contributed by atoms with Crippen LogP contribution in [0, 0.1) is 0 Å². The van der Waals surface area contributed by atoms with Crippen LogP contribution in [-0.2, 0) is 11.3 Å². The molecule has 0 aliphatic carbocycles. The van der Waals surface area contributed by atoms with Crippen molar-refractivity contribution in [2.75, 3.05) is 12.4 Å². The summed E-state index contributed by atoms with van der Waals surface area (Å²) in [6.45, 7) is 0.532. The van der Waals surface area contributed by atoms with Crippen LogP contribution in [-0.4, -0.2) is 28.0 Å². The van der Waals surface area contributed by atoms with E-state index in [0.717, 1.165) is 15.8 Å². The van der Waals surface area contributed by atoms with Crippen LogP contribution in [0.3, 0.4) is 0 Å². The minimum atomic E-state index is -0.464. The summed E-state index contributed by atoms with van der Waals surface area (Å²) in [5, 5.41) is 4.97. The highest BCUT2D eigenvalue weighted by Crippen LogP contribution is 2.24. The summed E-state index contributed by atoms with van der Waals surface area (Å²) >= 11 is 1.42. The molecule has 106 valence electrons. The number of nitrogens with zero attached hydrogens (tertiary/aromatic N) is 3. The van der Waals surface area contributed by atoms with Gasteiger partial charge < -0.3 is 10.1 Å². The fourth-order valence-corrected chi connectivity index (χ4v) is 2.67. The van der Waals surface area contributed by atoms with Crippen molar-refractivity contribution in [2.24, 2.45) is 0 Å². The smallest absolute Gasteiger partial charge is 0.358 e. The topological polar surface area (TPSA) is 77.0 Å². The lowest BCUT2D eigenvalue weighted by molar-refractivity contribution is 0.0597. The van der Waals surface area contributed by atoms with Crippen LogP contribution in [0.1, 0.15) is 16.1 Å². The number of nitrogens with one attached hydrogen (secondary N) is 1. The average molecular weight is 300 g/mol. The van der Waals surface area contributed by atoms with Gasteiger partial charge in [0.05, 0.1) is 17.3 Å². The number of hydrogen-bond acceptors (Lipinski definition) is 7. The van der Waals surface area contributed by atoms with Crippen LogP contribution >= 0.6 is 11.3 Å². The molecule has 0 atom stereocenters. The summed E-state index contributed by atoms with van der Waals surface area (Å²) in [4.78, 5) is 24.5. The summed E-state index contributed by atoms with van der Waals surface area (Å²) in [6.07, 6.45) is 3.48. The van der Waals surface area contributed by atoms with Crippen molar-refractivity contribution in [2.45, 2.75) is 6.54 Å². The zero-order valence-electron chi connectivity index (χ0n) is 11.2. The molecule has 0 amide bonds. The second-order valence-electron chi connectivity index (χ2n) is 4.24. The van der Waals surface area contributed by atoms with Gasteiger partial charge in [-0.25, -0.2) is 14.8 Å². The predicted molar refractivity (Wildman–Crippen MR) is 80.3 cm³/mol. The molecule has 3 aromatic rings. The van der Waals surface area contributed by atoms with E-state index >= 15 is 0 Å². The molecule has 0 unspecified atom stereocenters. The maximum Gasteiger partial charge on any atom is 0.358 e. The summed E-state index contributed by atoms with van der Waals surface area (Å²) < 4.78 is 5.50. The molecule has 0 saturated heterocycles. The lowest BCUT2D eigenvalue weighted by atomic mass is 10.3. The first-order valence-corrected chi connectivity index (χ1v) is 7.12. The third-order valence-corrected chi connectivity index (χ3v) is 3.77. The number of carbonyl (C=O) groups excluding carboxylic acids is 1. The number of pyridine rings is 1. The molecule has 3 heterocycles. The maximum atomic E-state index is 11.8. The standard InChI is InChI=1S/C14H12N4O2S/c1-20-13(19)11-12-10(4-6-21-12)17-14(18-11)16-8-9-3-2-5-15-7-9/h2-7H,8H2,1H3,(H,16,17,18). The molecule has 0 aromatic carbocycles. The molecule has 0 saturated carbocycles. The molecule has 0 aliphatic rings. The molecule has 0 spiro atoms. The van der Waals surface area contributed by atoms with E-state index in [-0.39, 0.29) is 5.69 Å². The molecule has 0 fully saturated rings. The molecule has 21 heavy (non-hydrogen) atoms. The minimum absolute atomic E-state index is 0.284. The highest BCUT2D eigenvalue weighted by atomic mass is 32.1. The third kappa shape index (κ3) is 2.82. The molecule has 6 nitrogen and oxygen atoms in total. The molecule has 3 aromatic heterocycles. The van der Waals surface area contributed by atoms with E-state index < -0.39 is 5.97 Å². The van der Waals surface area contributed by atoms with Gasteiger partial charge in [0, 0.05) is 18.9 Å². The van der Waals surface area contributed by atoms with Crippen molar-refractivity contribution in [3.63, 3.8) is 0 Å². The number of ether oxygens (including phenoxy) is 1. The zero-order chi connectivity index (χ0) is 14.7. The van der Waals surface area contributed by atoms with E-state index in [1.165, 1.54) is 18.4 Å². The first-order valence-electron chi connectivity index (χ1n) is 6.24. The normalized spacial score (nSPS) is 10.5. The van der Waals surface area contributed by atoms with Gasteiger partial charge in [-0.1, -0.05) is 6.07 Å². The first kappa shape index (κ1) is 13.4. The highest BCUT2D eigenvalue weighted by molar-refractivity contribution is 7.17. The summed E-state index contributed by atoms with van der Waals surface area (Å²) in [6, 6.07) is 5.66. The number of aromatic nitrogens is 3. The Balaban J connectivity index is 1.90. The number of carbonyl (C=O) groups is 1. The SMILES string of the molecule is COC(=O)c1nc(NCc2cccnc2)nc2ccsc12. The van der Waals surface area contributed by atoms with E-state index in [1.807, 2.05) is 23.6 Å². The van der Waals surface area contributed by atoms with Crippen molar-refractivity contribution in [3.05, 3.63) is 47.2 Å². The van der Waals surface area contributed by atoms with E-state index in [1.54, 1.807) is 12.4 Å². The number of hydrogen-bond donors (Lipinski definition) is 1. The Morgan fingerprint density at radius 1 is 1.38 bits per heavy atom. The Bertz CT molecular complexity index is 773. The quantitative estimate of drug-likeness (QED) is 0.746. The number of thiophene rings is 1. The number of esters is 1. The molecule has 0 bridgehead atoms. The minimum Gasteiger partial charge on any atom is -0.464 e. The Kier molecular flexibility index (Phi) is 3.74. The molecule has 3 rings (SSSR count). The van der Waals surface area contributed by atoms with E-state index in [2.05, 4.69) is 20.3 Å². The van der Waals surface area contributed by atoms with Gasteiger partial charge >= 0.3 is 5.97 Å². The molecular weight excluding hydrogens is 288 g/mol. The molecule has 7 heteroatoms. The van der Waals surface area contributed by atoms with Crippen LogP contribution in [0.15, 0.2) is 36.0 Å². The van der Waals surface area contributed by atoms with Gasteiger partial charge in [-0.2, -0.15) is 0 Å². The molecular formula is C14H12N4O2S. The van der Waals surface area contributed by atoms with Crippen molar-refractivity contribution in [3.8, 4) is 0 Å². The summed E-state index contributed by atoms with van der Waals surface area (Å²) in [5.41, 5.74) is 2.02. The van der Waals surface area contributed by atoms with Crippen LogP contribution < -0.4 is 5.32 Å². The van der Waals surface area contributed by atoms with Crippen LogP contribution in [0.25, 0.3) is 10.2 Å². The fraction of sp³-hybridized carbons (Fsp3) is 0.143. The van der Waals surface area contributed by atoms with Gasteiger partial charge in [0.2, 0.25) is 5.95 Å². The van der Waals surface area contributed by atoms with Crippen molar-refractivity contribution >= 4 is 33.5 Å². The Hall–Kier alpha value is -2.54. The summed E-state index contributed by atoms with van der Waals surface area (Å²) in [7, 11) is 1.34. The van der Waals surface area contributed by atoms with Gasteiger partial charge in [0.15, 0.2) is 5.69 Å². The predicted octanol–water partition coefficient (Wildman–Crippen LogP) is 2.49. The van der Waals surface area contributed by atoms with Crippen LogP contribution in [0.4, 0.5) is 5.95 Å². The molecule has 1 N–H and O–H groups in total. The number of anilines is 1. The van der Waals surface area contributed by atoms with Gasteiger partial charge in [-0.15, -0.1) is 11.3 Å². The first-order chi connectivity index (χ1) is 10.3. The monoisotopic (exact) mass is 300 g/mol. The highest BCUT2D eigenvalue weighted by Gasteiger charge is 2.16. The van der Waals surface area contributed by atoms with E-state index in [0.29, 0.717) is 12.5 Å². The average Bonchev–Trinajstić information content (AvgIpc) is 3.00. The van der Waals surface area contributed by atoms with Gasteiger partial charge in [-0.3, -0.25) is 4.98 Å². The number of fused-ring (bicyclic) bond motifs is 1. The zero-order valence-corrected chi connectivity index (χ0v) is 12.1. The lowest BCUT2D eigenvalue weighted by Crippen LogP contribution is -2.10. The van der Waals surface area contributed by atoms with Crippen molar-refractivity contribution in [1.29, 1.82) is 0 Å². The lowest BCUT2D eigenvalue weighted by Gasteiger charge is -2.07. The Morgan fingerprint density at radius 3 is 3.05 bits per heavy atom. The largest absolute Gasteiger partial charge is 0.464 e. The fourth-order valence-electron chi connectivity index (χ4n) is 1.86. The van der Waals surface area contributed by atoms with Crippen LogP contribution in [0.2, 0.25) is 0 Å². The second-order valence-corrected chi connectivity index (χ2v) is 5.15. The van der Waals surface area contributed by atoms with Gasteiger partial charge in [0.1, 0.15) is 0 Å². The van der Waals surface area contributed by atoms with Crippen molar-refractivity contribution in [1.82, 2.24) is 15.0 Å². The third-order valence-electron chi connectivity index (χ3n) is 2.86. The Morgan fingerprint density at radius 2 is 2.29 bits per heavy atom. The van der Waals surface area contributed by atoms with Gasteiger partial charge in [0.25, 0.3) is 0 Å². The molecule has 0 radical (unpaired) electrons. The van der Waals surface area contributed by atoms with Gasteiger partial charge in [-0.05, 0) is 23.1 Å². The second kappa shape index (κ2) is 5.84. The Labute approximate surface area is 124 Å². The van der Waals surface area contributed by atoms with E-state index in [4.69, 9.17) is 4.74 Å². The number of rotatable bonds is 4. The number of methoxy groups -OCH3 is 1.